The fourth-order valence-electron chi connectivity index (χ4n) is 2.44. The van der Waals surface area contributed by atoms with E-state index in [1.54, 1.807) is 69.3 Å². The van der Waals surface area contributed by atoms with Crippen molar-refractivity contribution in [2.75, 3.05) is 6.61 Å². The Balaban J connectivity index is 2.21. The normalized spacial score (nSPS) is 12.0. The van der Waals surface area contributed by atoms with Crippen molar-refractivity contribution in [2.45, 2.75) is 27.4 Å². The fourth-order valence-corrected chi connectivity index (χ4v) is 2.44. The Morgan fingerprint density at radius 1 is 1.03 bits per heavy atom. The van der Waals surface area contributed by atoms with Crippen LogP contribution in [0.3, 0.4) is 0 Å². The molecule has 0 amide bonds. The number of carbonyl (C=O) groups excluding carboxylic acids is 2. The standard InChI is InChI=1S/C23H25NO5/c1-4-28-23(27)19(21(25)16(2)3)14-24-20-13-9-8-12-18(20)15-29-22(26)17-10-6-5-7-11-17/h5-14,16,25H,4,15H2,1-3H3/b21-19-,24-14?. The van der Waals surface area contributed by atoms with Crippen LogP contribution in [0.5, 0.6) is 0 Å². The summed E-state index contributed by atoms with van der Waals surface area (Å²) < 4.78 is 10.4. The molecule has 2 rings (SSSR count). The Labute approximate surface area is 170 Å². The van der Waals surface area contributed by atoms with Crippen LogP contribution in [-0.2, 0) is 20.9 Å². The van der Waals surface area contributed by atoms with Crippen molar-refractivity contribution in [3.63, 3.8) is 0 Å². The van der Waals surface area contributed by atoms with Gasteiger partial charge in [0.1, 0.15) is 17.9 Å². The third-order valence-electron chi connectivity index (χ3n) is 4.01. The van der Waals surface area contributed by atoms with Crippen molar-refractivity contribution in [3.8, 4) is 0 Å². The quantitative estimate of drug-likeness (QED) is 0.301. The van der Waals surface area contributed by atoms with Crippen LogP contribution in [0.4, 0.5) is 5.69 Å². The summed E-state index contributed by atoms with van der Waals surface area (Å²) in [7, 11) is 0. The van der Waals surface area contributed by atoms with Gasteiger partial charge in [0.25, 0.3) is 0 Å². The molecular formula is C23H25NO5. The zero-order valence-corrected chi connectivity index (χ0v) is 16.8. The van der Waals surface area contributed by atoms with Gasteiger partial charge in [0.05, 0.1) is 17.9 Å². The first kappa shape index (κ1) is 21.9. The summed E-state index contributed by atoms with van der Waals surface area (Å²) in [6.45, 7) is 5.43. The molecule has 0 unspecified atom stereocenters. The number of aliphatic hydroxyl groups excluding tert-OH is 1. The molecule has 0 saturated heterocycles. The fraction of sp³-hybridized carbons (Fsp3) is 0.261. The van der Waals surface area contributed by atoms with Crippen molar-refractivity contribution in [1.82, 2.24) is 0 Å². The highest BCUT2D eigenvalue weighted by Gasteiger charge is 2.17. The lowest BCUT2D eigenvalue weighted by atomic mass is 10.1. The molecule has 2 aromatic carbocycles. The van der Waals surface area contributed by atoms with Gasteiger partial charge in [0.15, 0.2) is 0 Å². The van der Waals surface area contributed by atoms with E-state index in [9.17, 15) is 14.7 Å². The molecule has 0 atom stereocenters. The molecule has 0 aliphatic carbocycles. The lowest BCUT2D eigenvalue weighted by Crippen LogP contribution is -2.13. The number of ether oxygens (including phenoxy) is 2. The van der Waals surface area contributed by atoms with Gasteiger partial charge in [-0.3, -0.25) is 4.99 Å². The summed E-state index contributed by atoms with van der Waals surface area (Å²) in [5.41, 5.74) is 1.65. The number of rotatable bonds is 8. The number of hydrogen-bond acceptors (Lipinski definition) is 6. The number of nitrogens with zero attached hydrogens (tertiary/aromatic N) is 1. The molecule has 0 spiro atoms. The maximum Gasteiger partial charge on any atom is 0.343 e. The van der Waals surface area contributed by atoms with Gasteiger partial charge in [-0.1, -0.05) is 50.2 Å². The van der Waals surface area contributed by atoms with Crippen LogP contribution in [-0.4, -0.2) is 29.9 Å². The molecule has 0 fully saturated rings. The smallest absolute Gasteiger partial charge is 0.343 e. The Bertz CT molecular complexity index is 900. The van der Waals surface area contributed by atoms with Crippen molar-refractivity contribution < 1.29 is 24.2 Å². The summed E-state index contributed by atoms with van der Waals surface area (Å²) in [6, 6.07) is 15.8. The molecule has 6 heteroatoms. The molecule has 0 aromatic heterocycles. The van der Waals surface area contributed by atoms with Crippen LogP contribution < -0.4 is 0 Å². The maximum absolute atomic E-state index is 12.2. The average Bonchev–Trinajstić information content (AvgIpc) is 2.73. The molecule has 0 saturated carbocycles. The number of hydrogen-bond donors (Lipinski definition) is 1. The van der Waals surface area contributed by atoms with Gasteiger partial charge in [0, 0.05) is 17.7 Å². The summed E-state index contributed by atoms with van der Waals surface area (Å²) in [5, 5.41) is 10.3. The number of para-hydroxylation sites is 1. The second kappa shape index (κ2) is 10.8. The van der Waals surface area contributed by atoms with E-state index >= 15 is 0 Å². The lowest BCUT2D eigenvalue weighted by Gasteiger charge is -2.10. The Kier molecular flexibility index (Phi) is 8.15. The highest BCUT2D eigenvalue weighted by molar-refractivity contribution is 6.10. The minimum absolute atomic E-state index is 0.00191. The predicted octanol–water partition coefficient (Wildman–Crippen LogP) is 4.78. The van der Waals surface area contributed by atoms with E-state index < -0.39 is 11.9 Å². The molecule has 2 aromatic rings. The maximum atomic E-state index is 12.2. The molecule has 0 bridgehead atoms. The molecular weight excluding hydrogens is 370 g/mol. The minimum atomic E-state index is -0.643. The molecule has 0 heterocycles. The van der Waals surface area contributed by atoms with Gasteiger partial charge in [0.2, 0.25) is 0 Å². The third kappa shape index (κ3) is 6.31. The number of esters is 2. The molecule has 0 aliphatic heterocycles. The van der Waals surface area contributed by atoms with Crippen LogP contribution in [0.2, 0.25) is 0 Å². The van der Waals surface area contributed by atoms with Crippen LogP contribution in [0.1, 0.15) is 36.7 Å². The van der Waals surface area contributed by atoms with Gasteiger partial charge in [-0.2, -0.15) is 0 Å². The number of carbonyl (C=O) groups is 2. The van der Waals surface area contributed by atoms with E-state index in [4.69, 9.17) is 9.47 Å². The molecule has 0 radical (unpaired) electrons. The number of allylic oxidation sites excluding steroid dienone is 1. The lowest BCUT2D eigenvalue weighted by molar-refractivity contribution is -0.138. The van der Waals surface area contributed by atoms with E-state index in [-0.39, 0.29) is 30.5 Å². The highest BCUT2D eigenvalue weighted by Crippen LogP contribution is 2.21. The summed E-state index contributed by atoms with van der Waals surface area (Å²) >= 11 is 0. The average molecular weight is 395 g/mol. The first-order valence-electron chi connectivity index (χ1n) is 9.38. The van der Waals surface area contributed by atoms with Gasteiger partial charge < -0.3 is 14.6 Å². The first-order valence-corrected chi connectivity index (χ1v) is 9.38. The Morgan fingerprint density at radius 2 is 1.69 bits per heavy atom. The molecule has 0 aliphatic rings. The zero-order valence-electron chi connectivity index (χ0n) is 16.8. The molecule has 6 nitrogen and oxygen atoms in total. The van der Waals surface area contributed by atoms with Crippen LogP contribution in [0, 0.1) is 5.92 Å². The second-order valence-electron chi connectivity index (χ2n) is 6.50. The predicted molar refractivity (Wildman–Crippen MR) is 111 cm³/mol. The van der Waals surface area contributed by atoms with Gasteiger partial charge in [-0.15, -0.1) is 0 Å². The zero-order chi connectivity index (χ0) is 21.2. The van der Waals surface area contributed by atoms with E-state index in [0.717, 1.165) is 0 Å². The second-order valence-corrected chi connectivity index (χ2v) is 6.50. The van der Waals surface area contributed by atoms with Crippen molar-refractivity contribution in [2.24, 2.45) is 10.9 Å². The van der Waals surface area contributed by atoms with E-state index in [1.165, 1.54) is 6.21 Å². The summed E-state index contributed by atoms with van der Waals surface area (Å²) in [6.07, 6.45) is 1.28. The van der Waals surface area contributed by atoms with Crippen LogP contribution in [0.15, 0.2) is 70.9 Å². The SMILES string of the molecule is CCOC(=O)/C(C=Nc1ccccc1COC(=O)c1ccccc1)=C(\O)C(C)C. The topological polar surface area (TPSA) is 85.2 Å². The molecule has 1 N–H and O–H groups in total. The monoisotopic (exact) mass is 395 g/mol. The van der Waals surface area contributed by atoms with Gasteiger partial charge >= 0.3 is 11.9 Å². The Hall–Kier alpha value is -3.41. The largest absolute Gasteiger partial charge is 0.511 e. The summed E-state index contributed by atoms with van der Waals surface area (Å²) in [4.78, 5) is 28.7. The molecule has 29 heavy (non-hydrogen) atoms. The van der Waals surface area contributed by atoms with Crippen molar-refractivity contribution >= 4 is 23.8 Å². The van der Waals surface area contributed by atoms with Crippen molar-refractivity contribution in [1.29, 1.82) is 0 Å². The van der Waals surface area contributed by atoms with E-state index in [1.807, 2.05) is 6.07 Å². The third-order valence-corrected chi connectivity index (χ3v) is 4.01. The molecule has 152 valence electrons. The van der Waals surface area contributed by atoms with Crippen LogP contribution in [0.25, 0.3) is 0 Å². The summed E-state index contributed by atoms with van der Waals surface area (Å²) in [5.74, 6) is -1.44. The highest BCUT2D eigenvalue weighted by atomic mass is 16.5. The number of aliphatic imine (C=N–C) groups is 1. The Morgan fingerprint density at radius 3 is 2.34 bits per heavy atom. The first-order chi connectivity index (χ1) is 13.9. The van der Waals surface area contributed by atoms with Crippen molar-refractivity contribution in [3.05, 3.63) is 77.1 Å². The number of benzene rings is 2. The van der Waals surface area contributed by atoms with Gasteiger partial charge in [-0.05, 0) is 25.1 Å². The van der Waals surface area contributed by atoms with E-state index in [2.05, 4.69) is 4.99 Å². The number of aliphatic hydroxyl groups is 1. The van der Waals surface area contributed by atoms with E-state index in [0.29, 0.717) is 16.8 Å². The minimum Gasteiger partial charge on any atom is -0.511 e. The van der Waals surface area contributed by atoms with Crippen LogP contribution >= 0.6 is 0 Å². The van der Waals surface area contributed by atoms with Gasteiger partial charge in [-0.25, -0.2) is 9.59 Å².